The van der Waals surface area contributed by atoms with Crippen molar-refractivity contribution >= 4 is 34.9 Å². The maximum Gasteiger partial charge on any atom is 0.248 e. The molecule has 0 atom stereocenters. The van der Waals surface area contributed by atoms with Crippen LogP contribution in [0.5, 0.6) is 5.88 Å². The number of ether oxygens (including phenoxy) is 1. The van der Waals surface area contributed by atoms with Crippen molar-refractivity contribution in [3.8, 4) is 34.5 Å². The highest BCUT2D eigenvalue weighted by Gasteiger charge is 2.20. The van der Waals surface area contributed by atoms with Crippen LogP contribution in [-0.4, -0.2) is 42.0 Å². The zero-order valence-electron chi connectivity index (χ0n) is 18.6. The number of allylic oxidation sites excluding steroid dienone is 1. The van der Waals surface area contributed by atoms with E-state index in [1.807, 2.05) is 29.7 Å². The molecule has 0 aliphatic carbocycles. The van der Waals surface area contributed by atoms with Crippen LogP contribution < -0.4 is 4.74 Å². The average molecular weight is 506 g/mol. The quantitative estimate of drug-likeness (QED) is 0.291. The van der Waals surface area contributed by atoms with E-state index in [4.69, 9.17) is 32.4 Å². The molecule has 4 aromatic heterocycles. The normalized spacial score (nSPS) is 11.6. The van der Waals surface area contributed by atoms with Crippen LogP contribution in [0.2, 0.25) is 10.0 Å². The van der Waals surface area contributed by atoms with Crippen LogP contribution in [0.4, 0.5) is 0 Å². The van der Waals surface area contributed by atoms with Crippen molar-refractivity contribution in [1.29, 1.82) is 0 Å². The molecule has 0 bridgehead atoms. The fraction of sp³-hybridized carbons (Fsp3) is 0.0833. The molecule has 4 heterocycles. The van der Waals surface area contributed by atoms with Crippen LogP contribution in [0.15, 0.2) is 65.3 Å². The summed E-state index contributed by atoms with van der Waals surface area (Å²) in [4.78, 5) is 8.49. The van der Waals surface area contributed by atoms with Gasteiger partial charge in [0.25, 0.3) is 0 Å². The topological polar surface area (TPSA) is 105 Å². The molecule has 174 valence electrons. The van der Waals surface area contributed by atoms with E-state index in [1.165, 1.54) is 0 Å². The number of nitrogens with zero attached hydrogens (tertiary/aromatic N) is 7. The van der Waals surface area contributed by atoms with Crippen LogP contribution >= 0.6 is 23.2 Å². The number of rotatable bonds is 6. The first kappa shape index (κ1) is 22.7. The largest absolute Gasteiger partial charge is 0.481 e. The molecule has 11 heteroatoms. The highest BCUT2D eigenvalue weighted by atomic mass is 35.5. The van der Waals surface area contributed by atoms with Crippen molar-refractivity contribution < 1.29 is 9.15 Å². The molecule has 0 amide bonds. The van der Waals surface area contributed by atoms with Gasteiger partial charge in [0.2, 0.25) is 17.7 Å². The van der Waals surface area contributed by atoms with E-state index in [0.29, 0.717) is 56.3 Å². The second-order valence-corrected chi connectivity index (χ2v) is 8.20. The van der Waals surface area contributed by atoms with Crippen molar-refractivity contribution in [2.75, 3.05) is 7.11 Å². The van der Waals surface area contributed by atoms with Gasteiger partial charge < -0.3 is 9.15 Å². The number of hydrogen-bond acceptors (Lipinski definition) is 8. The first-order chi connectivity index (χ1) is 17.0. The van der Waals surface area contributed by atoms with E-state index >= 15 is 0 Å². The number of benzene rings is 1. The second kappa shape index (κ2) is 9.65. The van der Waals surface area contributed by atoms with Crippen LogP contribution in [0, 0.1) is 0 Å². The lowest BCUT2D eigenvalue weighted by Crippen LogP contribution is -2.03. The van der Waals surface area contributed by atoms with Crippen molar-refractivity contribution in [1.82, 2.24) is 34.9 Å². The molecule has 5 rings (SSSR count). The Morgan fingerprint density at radius 2 is 1.86 bits per heavy atom. The number of aromatic nitrogens is 7. The smallest absolute Gasteiger partial charge is 0.248 e. The van der Waals surface area contributed by atoms with E-state index < -0.39 is 0 Å². The van der Waals surface area contributed by atoms with Gasteiger partial charge in [0.15, 0.2) is 11.6 Å². The third-order valence-electron chi connectivity index (χ3n) is 5.04. The zero-order valence-corrected chi connectivity index (χ0v) is 20.1. The van der Waals surface area contributed by atoms with Gasteiger partial charge in [-0.3, -0.25) is 9.55 Å². The van der Waals surface area contributed by atoms with Gasteiger partial charge in [-0.05, 0) is 42.8 Å². The van der Waals surface area contributed by atoms with Gasteiger partial charge in [-0.15, -0.1) is 20.4 Å². The number of para-hydroxylation sites is 1. The molecular weight excluding hydrogens is 489 g/mol. The van der Waals surface area contributed by atoms with Crippen molar-refractivity contribution in [3.05, 3.63) is 82.7 Å². The molecule has 0 saturated carbocycles. The average Bonchev–Trinajstić information content (AvgIpc) is 3.52. The summed E-state index contributed by atoms with van der Waals surface area (Å²) < 4.78 is 12.8. The molecule has 0 radical (unpaired) electrons. The maximum absolute atomic E-state index is 6.54. The summed E-state index contributed by atoms with van der Waals surface area (Å²) >= 11 is 12.6. The fourth-order valence-electron chi connectivity index (χ4n) is 3.39. The van der Waals surface area contributed by atoms with Crippen molar-refractivity contribution in [3.63, 3.8) is 0 Å². The minimum Gasteiger partial charge on any atom is -0.481 e. The molecule has 0 fully saturated rings. The van der Waals surface area contributed by atoms with Crippen LogP contribution in [-0.2, 0) is 0 Å². The van der Waals surface area contributed by atoms with Crippen LogP contribution in [0.1, 0.15) is 18.6 Å². The second-order valence-electron chi connectivity index (χ2n) is 7.36. The van der Waals surface area contributed by atoms with Crippen molar-refractivity contribution in [2.45, 2.75) is 6.92 Å². The molecule has 5 aromatic rings. The van der Waals surface area contributed by atoms with Gasteiger partial charge in [-0.1, -0.05) is 35.3 Å². The Morgan fingerprint density at radius 1 is 1.00 bits per heavy atom. The third-order valence-corrected chi connectivity index (χ3v) is 5.58. The van der Waals surface area contributed by atoms with Crippen LogP contribution in [0.3, 0.4) is 0 Å². The van der Waals surface area contributed by atoms with Gasteiger partial charge in [0.1, 0.15) is 5.69 Å². The standard InChI is InChI=1S/C24H17Cl2N7O2/c1-14(11-21-29-32-24(35-21)15-9-10-27-20(12-15)34-2)22-30-31-23(18-8-7-16(25)13-28-18)33(22)19-6-4-3-5-17(19)26/h3-13H,1-2H3. The molecule has 0 unspecified atom stereocenters. The Labute approximate surface area is 210 Å². The van der Waals surface area contributed by atoms with E-state index in [-0.39, 0.29) is 0 Å². The summed E-state index contributed by atoms with van der Waals surface area (Å²) in [6.07, 6.45) is 4.89. The Balaban J connectivity index is 1.57. The molecule has 0 spiro atoms. The summed E-state index contributed by atoms with van der Waals surface area (Å²) in [6.45, 7) is 1.87. The number of hydrogen-bond donors (Lipinski definition) is 0. The first-order valence-corrected chi connectivity index (χ1v) is 11.1. The Bertz CT molecular complexity index is 1530. The minimum absolute atomic E-state index is 0.299. The van der Waals surface area contributed by atoms with Gasteiger partial charge in [0, 0.05) is 30.1 Å². The number of pyridine rings is 2. The van der Waals surface area contributed by atoms with Crippen molar-refractivity contribution in [2.24, 2.45) is 0 Å². The number of methoxy groups -OCH3 is 1. The van der Waals surface area contributed by atoms with Gasteiger partial charge in [0.05, 0.1) is 22.8 Å². The lowest BCUT2D eigenvalue weighted by molar-refractivity contribution is 0.398. The lowest BCUT2D eigenvalue weighted by atomic mass is 10.2. The Morgan fingerprint density at radius 3 is 2.63 bits per heavy atom. The van der Waals surface area contributed by atoms with E-state index in [1.54, 1.807) is 55.9 Å². The Kier molecular flexibility index (Phi) is 6.26. The predicted molar refractivity (Wildman–Crippen MR) is 132 cm³/mol. The molecule has 35 heavy (non-hydrogen) atoms. The van der Waals surface area contributed by atoms with Gasteiger partial charge in [-0.2, -0.15) is 0 Å². The fourth-order valence-corrected chi connectivity index (χ4v) is 3.72. The lowest BCUT2D eigenvalue weighted by Gasteiger charge is -2.12. The highest BCUT2D eigenvalue weighted by Crippen LogP contribution is 2.30. The molecule has 9 nitrogen and oxygen atoms in total. The summed E-state index contributed by atoms with van der Waals surface area (Å²) in [6, 6.07) is 14.4. The molecule has 0 saturated heterocycles. The molecule has 1 aromatic carbocycles. The van der Waals surface area contributed by atoms with Gasteiger partial charge >= 0.3 is 0 Å². The summed E-state index contributed by atoms with van der Waals surface area (Å²) in [5.41, 5.74) is 2.70. The summed E-state index contributed by atoms with van der Waals surface area (Å²) in [5.74, 6) is 2.13. The molecule has 0 N–H and O–H groups in total. The SMILES string of the molecule is COc1cc(-c2nnc(C=C(C)c3nnc(-c4ccc(Cl)cn4)n3-c3ccccc3Cl)o2)ccn1. The van der Waals surface area contributed by atoms with Gasteiger partial charge in [-0.25, -0.2) is 4.98 Å². The third kappa shape index (κ3) is 4.64. The van der Waals surface area contributed by atoms with E-state index in [9.17, 15) is 0 Å². The van der Waals surface area contributed by atoms with E-state index in [2.05, 4.69) is 30.4 Å². The summed E-state index contributed by atoms with van der Waals surface area (Å²) in [5, 5.41) is 18.1. The highest BCUT2D eigenvalue weighted by molar-refractivity contribution is 6.32. The molecule has 0 aliphatic heterocycles. The Hall–Kier alpha value is -4.08. The zero-order chi connectivity index (χ0) is 24.4. The van der Waals surface area contributed by atoms with E-state index in [0.717, 1.165) is 5.57 Å². The molecular formula is C24H17Cl2N7O2. The monoisotopic (exact) mass is 505 g/mol. The predicted octanol–water partition coefficient (Wildman–Crippen LogP) is 5.65. The summed E-state index contributed by atoms with van der Waals surface area (Å²) in [7, 11) is 1.54. The van der Waals surface area contributed by atoms with Crippen LogP contribution in [0.25, 0.3) is 40.3 Å². The maximum atomic E-state index is 6.54. The molecule has 0 aliphatic rings. The minimum atomic E-state index is 0.299. The number of halogens is 2. The first-order valence-electron chi connectivity index (χ1n) is 10.4.